The van der Waals surface area contributed by atoms with E-state index in [1.165, 1.54) is 5.56 Å². The van der Waals surface area contributed by atoms with E-state index >= 15 is 0 Å². The highest BCUT2D eigenvalue weighted by Gasteiger charge is 2.33. The number of hydrogen-bond donors (Lipinski definition) is 0. The van der Waals surface area contributed by atoms with E-state index in [0.29, 0.717) is 0 Å². The summed E-state index contributed by atoms with van der Waals surface area (Å²) in [5.74, 6) is 0.0242. The lowest BCUT2D eigenvalue weighted by Gasteiger charge is -2.38. The highest BCUT2D eigenvalue weighted by molar-refractivity contribution is 6.26. The van der Waals surface area contributed by atoms with Gasteiger partial charge in [-0.25, -0.2) is 0 Å². The van der Waals surface area contributed by atoms with Crippen LogP contribution in [0.25, 0.3) is 98.5 Å². The highest BCUT2D eigenvalue weighted by atomic mass is 16.3. The number of furan rings is 3. The summed E-state index contributed by atoms with van der Waals surface area (Å²) in [7, 11) is 0. The molecule has 0 fully saturated rings. The van der Waals surface area contributed by atoms with Crippen LogP contribution < -0.4 is 9.80 Å². The average molecular weight is 937 g/mol. The van der Waals surface area contributed by atoms with E-state index in [0.717, 1.165) is 127 Å². The average Bonchev–Trinajstić information content (AvgIpc) is 4.17. The van der Waals surface area contributed by atoms with Gasteiger partial charge in [-0.15, -0.1) is 0 Å². The zero-order chi connectivity index (χ0) is 48.0. The fourth-order valence-electron chi connectivity index (χ4n) is 11.8. The predicted octanol–water partition coefficient (Wildman–Crippen LogP) is 19.2. The molecule has 1 aliphatic rings. The lowest BCUT2D eigenvalue weighted by atomic mass is 9.86. The number of anilines is 5. The largest absolute Gasteiger partial charge is 0.455 e. The fourth-order valence-corrected chi connectivity index (χ4v) is 11.8. The van der Waals surface area contributed by atoms with Crippen LogP contribution >= 0.6 is 0 Å². The van der Waals surface area contributed by atoms with Gasteiger partial charge in [0.1, 0.15) is 22.3 Å². The molecule has 3 aromatic heterocycles. The van der Waals surface area contributed by atoms with Gasteiger partial charge in [0.25, 0.3) is 0 Å². The number of rotatable bonds is 8. The van der Waals surface area contributed by atoms with Gasteiger partial charge in [-0.2, -0.15) is 0 Å². The molecule has 0 N–H and O–H groups in total. The highest BCUT2D eigenvalue weighted by Crippen LogP contribution is 2.52. The molecule has 0 radical (unpaired) electrons. The molecule has 15 rings (SSSR count). The first-order chi connectivity index (χ1) is 36.2. The Morgan fingerprint density at radius 2 is 0.767 bits per heavy atom. The number of benzene rings is 11. The summed E-state index contributed by atoms with van der Waals surface area (Å²) < 4.78 is 21.1. The van der Waals surface area contributed by atoms with E-state index < -0.39 is 0 Å². The molecule has 5 heteroatoms. The Bertz CT molecular complexity index is 4540. The minimum Gasteiger partial charge on any atom is -0.455 e. The van der Waals surface area contributed by atoms with Crippen LogP contribution in [0.5, 0.6) is 0 Å². The van der Waals surface area contributed by atoms with Gasteiger partial charge >= 0.3 is 0 Å². The van der Waals surface area contributed by atoms with Gasteiger partial charge in [0, 0.05) is 65.3 Å². The van der Waals surface area contributed by atoms with Crippen molar-refractivity contribution in [1.82, 2.24) is 0 Å². The van der Waals surface area contributed by atoms with Crippen LogP contribution in [0.15, 0.2) is 268 Å². The molecule has 0 spiro atoms. The SMILES string of the molecule is C1=CC(c2ccccc2)C(N(c2cc3c4cc(N(c5ccccc5-c5ccccc5)c5cccc6c5oc5ccccc56)c5ccccc5c4oc3c3ccccc23)c2cccc3c2oc2ccccc23)C=C1. The quantitative estimate of drug-likeness (QED) is 0.152. The summed E-state index contributed by atoms with van der Waals surface area (Å²) >= 11 is 0. The van der Waals surface area contributed by atoms with Crippen LogP contribution in [0.4, 0.5) is 28.4 Å². The number of para-hydroxylation sites is 5. The zero-order valence-electron chi connectivity index (χ0n) is 39.5. The lowest BCUT2D eigenvalue weighted by molar-refractivity contribution is 0.655. The molecule has 0 amide bonds. The third-order valence-corrected chi connectivity index (χ3v) is 15.0. The molecule has 0 bridgehead atoms. The van der Waals surface area contributed by atoms with E-state index in [4.69, 9.17) is 13.3 Å². The van der Waals surface area contributed by atoms with Crippen LogP contribution in [0.2, 0.25) is 0 Å². The van der Waals surface area contributed by atoms with Gasteiger partial charge in [0.2, 0.25) is 0 Å². The molecule has 73 heavy (non-hydrogen) atoms. The number of allylic oxidation sites excluding steroid dienone is 2. The summed E-state index contributed by atoms with van der Waals surface area (Å²) in [4.78, 5) is 4.93. The third kappa shape index (κ3) is 6.42. The van der Waals surface area contributed by atoms with Crippen LogP contribution in [0.1, 0.15) is 11.5 Å². The minimum atomic E-state index is -0.129. The van der Waals surface area contributed by atoms with Gasteiger partial charge < -0.3 is 23.1 Å². The number of hydrogen-bond acceptors (Lipinski definition) is 5. The minimum absolute atomic E-state index is 0.0242. The van der Waals surface area contributed by atoms with Crippen molar-refractivity contribution in [2.45, 2.75) is 12.0 Å². The Hall–Kier alpha value is -9.58. The van der Waals surface area contributed by atoms with Gasteiger partial charge in [-0.05, 0) is 53.6 Å². The summed E-state index contributed by atoms with van der Waals surface area (Å²) in [6.45, 7) is 0. The maximum atomic E-state index is 7.32. The molecular formula is C68H44N2O3. The predicted molar refractivity (Wildman–Crippen MR) is 303 cm³/mol. The molecule has 2 unspecified atom stereocenters. The van der Waals surface area contributed by atoms with Crippen molar-refractivity contribution in [1.29, 1.82) is 0 Å². The van der Waals surface area contributed by atoms with Gasteiger partial charge in [0.05, 0.1) is 34.5 Å². The second kappa shape index (κ2) is 16.5. The first-order valence-electron chi connectivity index (χ1n) is 25.0. The topological polar surface area (TPSA) is 45.9 Å². The fraction of sp³-hybridized carbons (Fsp3) is 0.0294. The van der Waals surface area contributed by atoms with Crippen molar-refractivity contribution in [2.75, 3.05) is 9.80 Å². The molecule has 3 heterocycles. The van der Waals surface area contributed by atoms with Crippen LogP contribution in [-0.2, 0) is 0 Å². The molecular weight excluding hydrogens is 893 g/mol. The Morgan fingerprint density at radius 3 is 1.44 bits per heavy atom. The van der Waals surface area contributed by atoms with Crippen molar-refractivity contribution >= 4 is 116 Å². The molecule has 0 saturated carbocycles. The summed E-state index contributed by atoms with van der Waals surface area (Å²) in [6, 6.07) is 82.0. The smallest absolute Gasteiger partial charge is 0.159 e. The zero-order valence-corrected chi connectivity index (χ0v) is 39.5. The van der Waals surface area contributed by atoms with E-state index in [2.05, 4.69) is 252 Å². The second-order valence-electron chi connectivity index (χ2n) is 19.0. The van der Waals surface area contributed by atoms with E-state index in [1.807, 2.05) is 12.1 Å². The van der Waals surface area contributed by atoms with E-state index in [9.17, 15) is 0 Å². The Kier molecular flexibility index (Phi) is 9.32. The van der Waals surface area contributed by atoms with Crippen LogP contribution in [-0.4, -0.2) is 6.04 Å². The van der Waals surface area contributed by atoms with E-state index in [1.54, 1.807) is 0 Å². The van der Waals surface area contributed by atoms with Gasteiger partial charge in [-0.1, -0.05) is 212 Å². The van der Waals surface area contributed by atoms with Gasteiger partial charge in [0.15, 0.2) is 11.2 Å². The molecule has 2 atom stereocenters. The standard InChI is InChI=1S/C68H44N2O3/c1-3-21-43(22-4-1)45-25-11-15-35-57(45)69(59-37-19-33-53-49-29-13-17-39-63(49)71-67(53)59)61-41-55-56-42-62(48-28-8-10-32-52(48)66(56)73-65(55)51-31-9-7-27-47(51)61)70(58-36-16-12-26-46(58)44-23-5-2-6-24-44)60-38-20-34-54-50-30-14-18-40-64(50)72-68(54)60/h1-42,45,57H. The Balaban J connectivity index is 1.05. The molecule has 11 aromatic carbocycles. The van der Waals surface area contributed by atoms with Crippen molar-refractivity contribution in [3.63, 3.8) is 0 Å². The van der Waals surface area contributed by atoms with Crippen molar-refractivity contribution in [3.8, 4) is 11.1 Å². The molecule has 14 aromatic rings. The van der Waals surface area contributed by atoms with Crippen LogP contribution in [0, 0.1) is 0 Å². The summed E-state index contributed by atoms with van der Waals surface area (Å²) in [5, 5.41) is 10.5. The van der Waals surface area contributed by atoms with Crippen molar-refractivity contribution < 1.29 is 13.3 Å². The normalized spacial score (nSPS) is 14.7. The first kappa shape index (κ1) is 41.2. The summed E-state index contributed by atoms with van der Waals surface area (Å²) in [5.41, 5.74) is 13.5. The second-order valence-corrected chi connectivity index (χ2v) is 19.0. The molecule has 0 aliphatic heterocycles. The Labute approximate surface area is 420 Å². The molecule has 344 valence electrons. The monoisotopic (exact) mass is 936 g/mol. The van der Waals surface area contributed by atoms with Crippen LogP contribution in [0.3, 0.4) is 0 Å². The number of fused-ring (bicyclic) bond motifs is 13. The molecule has 0 saturated heterocycles. The van der Waals surface area contributed by atoms with Crippen molar-refractivity contribution in [3.05, 3.63) is 260 Å². The first-order valence-corrected chi connectivity index (χ1v) is 25.0. The maximum absolute atomic E-state index is 7.32. The lowest BCUT2D eigenvalue weighted by Crippen LogP contribution is -2.35. The number of nitrogens with zero attached hydrogens (tertiary/aromatic N) is 2. The van der Waals surface area contributed by atoms with Crippen molar-refractivity contribution in [2.24, 2.45) is 0 Å². The molecule has 5 nitrogen and oxygen atoms in total. The maximum Gasteiger partial charge on any atom is 0.159 e. The van der Waals surface area contributed by atoms with E-state index in [-0.39, 0.29) is 12.0 Å². The summed E-state index contributed by atoms with van der Waals surface area (Å²) in [6.07, 6.45) is 9.05. The van der Waals surface area contributed by atoms with Gasteiger partial charge in [-0.3, -0.25) is 0 Å². The third-order valence-electron chi connectivity index (χ3n) is 15.0. The Morgan fingerprint density at radius 1 is 0.301 bits per heavy atom. The molecule has 1 aliphatic carbocycles.